The van der Waals surface area contributed by atoms with Crippen molar-refractivity contribution in [2.75, 3.05) is 19.7 Å². The van der Waals surface area contributed by atoms with Crippen LogP contribution in [0, 0.1) is 5.92 Å². The predicted molar refractivity (Wildman–Crippen MR) is 77.3 cm³/mol. The predicted octanol–water partition coefficient (Wildman–Crippen LogP) is 2.23. The molecule has 0 radical (unpaired) electrons. The molecule has 0 saturated carbocycles. The molecule has 0 bridgehead atoms. The highest BCUT2D eigenvalue weighted by Crippen LogP contribution is 2.25. The van der Waals surface area contributed by atoms with E-state index in [1.165, 1.54) is 12.8 Å². The second-order valence-corrected chi connectivity index (χ2v) is 5.82. The van der Waals surface area contributed by atoms with Gasteiger partial charge in [0.25, 0.3) is 0 Å². The Hall–Kier alpha value is -0.580. The normalized spacial score (nSPS) is 20.9. The molecule has 1 unspecified atom stereocenters. The first-order chi connectivity index (χ1) is 9.15. The first-order valence-electron chi connectivity index (χ1n) is 7.19. The summed E-state index contributed by atoms with van der Waals surface area (Å²) in [6.07, 6.45) is 4.23. The number of likely N-dealkylation sites (tertiary alicyclic amines) is 1. The zero-order chi connectivity index (χ0) is 13.8. The lowest BCUT2D eigenvalue weighted by Crippen LogP contribution is -2.35. The van der Waals surface area contributed by atoms with Crippen LogP contribution in [0.25, 0.3) is 0 Å². The van der Waals surface area contributed by atoms with Gasteiger partial charge in [-0.3, -0.25) is 9.58 Å². The van der Waals surface area contributed by atoms with Crippen molar-refractivity contribution in [1.82, 2.24) is 14.7 Å². The van der Waals surface area contributed by atoms with Crippen LogP contribution >= 0.6 is 11.6 Å². The van der Waals surface area contributed by atoms with Crippen LogP contribution in [0.2, 0.25) is 5.02 Å². The van der Waals surface area contributed by atoms with Gasteiger partial charge in [0.2, 0.25) is 0 Å². The second-order valence-electron chi connectivity index (χ2n) is 5.44. The van der Waals surface area contributed by atoms with E-state index in [-0.39, 0.29) is 0 Å². The lowest BCUT2D eigenvalue weighted by atomic mass is 9.95. The SMILES string of the molecule is CCc1nn(C)c(CN2CCCC(CCO)C2)c1Cl. The lowest BCUT2D eigenvalue weighted by Gasteiger charge is -2.32. The van der Waals surface area contributed by atoms with Crippen LogP contribution in [0.1, 0.15) is 37.6 Å². The van der Waals surface area contributed by atoms with Crippen LogP contribution in [0.5, 0.6) is 0 Å². The Balaban J connectivity index is 2.02. The Kier molecular flexibility index (Phi) is 5.25. The van der Waals surface area contributed by atoms with Gasteiger partial charge >= 0.3 is 0 Å². The van der Waals surface area contributed by atoms with Crippen LogP contribution in [-0.2, 0) is 20.0 Å². The molecule has 1 fully saturated rings. The number of aromatic nitrogens is 2. The summed E-state index contributed by atoms with van der Waals surface area (Å²) in [7, 11) is 1.97. The van der Waals surface area contributed by atoms with Crippen molar-refractivity contribution in [3.8, 4) is 0 Å². The van der Waals surface area contributed by atoms with Gasteiger partial charge in [0, 0.05) is 26.7 Å². The van der Waals surface area contributed by atoms with E-state index in [4.69, 9.17) is 16.7 Å². The fraction of sp³-hybridized carbons (Fsp3) is 0.786. The molecular formula is C14H24ClN3O. The molecule has 1 saturated heterocycles. The van der Waals surface area contributed by atoms with E-state index >= 15 is 0 Å². The summed E-state index contributed by atoms with van der Waals surface area (Å²) >= 11 is 6.40. The molecule has 19 heavy (non-hydrogen) atoms. The van der Waals surface area contributed by atoms with Crippen molar-refractivity contribution in [3.63, 3.8) is 0 Å². The Labute approximate surface area is 120 Å². The standard InChI is InChI=1S/C14H24ClN3O/c1-3-12-14(15)13(17(2)16-12)10-18-7-4-5-11(9-18)6-8-19/h11,19H,3-10H2,1-2H3. The summed E-state index contributed by atoms with van der Waals surface area (Å²) in [4.78, 5) is 2.44. The second kappa shape index (κ2) is 6.73. The maximum Gasteiger partial charge on any atom is 0.0863 e. The van der Waals surface area contributed by atoms with E-state index in [0.29, 0.717) is 12.5 Å². The molecule has 1 aliphatic heterocycles. The maximum atomic E-state index is 9.06. The minimum absolute atomic E-state index is 0.297. The van der Waals surface area contributed by atoms with Gasteiger partial charge in [-0.2, -0.15) is 5.10 Å². The van der Waals surface area contributed by atoms with E-state index < -0.39 is 0 Å². The number of halogens is 1. The molecule has 1 aromatic heterocycles. The van der Waals surface area contributed by atoms with Gasteiger partial charge in [-0.25, -0.2) is 0 Å². The molecular weight excluding hydrogens is 262 g/mol. The quantitative estimate of drug-likeness (QED) is 0.902. The first-order valence-corrected chi connectivity index (χ1v) is 7.57. The lowest BCUT2D eigenvalue weighted by molar-refractivity contribution is 0.140. The largest absolute Gasteiger partial charge is 0.396 e. The molecule has 0 aromatic carbocycles. The molecule has 0 aliphatic carbocycles. The molecule has 0 amide bonds. The fourth-order valence-corrected chi connectivity index (χ4v) is 3.27. The third-order valence-corrected chi connectivity index (χ3v) is 4.45. The Morgan fingerprint density at radius 3 is 2.89 bits per heavy atom. The highest BCUT2D eigenvalue weighted by molar-refractivity contribution is 6.31. The van der Waals surface area contributed by atoms with Gasteiger partial charge in [0.1, 0.15) is 0 Å². The molecule has 1 N–H and O–H groups in total. The number of aryl methyl sites for hydroxylation is 2. The summed E-state index contributed by atoms with van der Waals surface area (Å²) in [5, 5.41) is 14.4. The van der Waals surface area contributed by atoms with Crippen molar-refractivity contribution >= 4 is 11.6 Å². The minimum Gasteiger partial charge on any atom is -0.396 e. The Morgan fingerprint density at radius 2 is 2.26 bits per heavy atom. The number of aliphatic hydroxyl groups is 1. The first kappa shape index (κ1) is 14.8. The zero-order valence-corrected chi connectivity index (χ0v) is 12.7. The Bertz CT molecular complexity index is 417. The van der Waals surface area contributed by atoms with Crippen molar-refractivity contribution in [2.45, 2.75) is 39.2 Å². The minimum atomic E-state index is 0.297. The van der Waals surface area contributed by atoms with Gasteiger partial charge < -0.3 is 5.11 Å². The molecule has 2 rings (SSSR count). The fourth-order valence-electron chi connectivity index (χ4n) is 2.92. The van der Waals surface area contributed by atoms with E-state index in [1.54, 1.807) is 0 Å². The third kappa shape index (κ3) is 3.50. The molecule has 1 aromatic rings. The van der Waals surface area contributed by atoms with Crippen LogP contribution in [0.15, 0.2) is 0 Å². The number of rotatable bonds is 5. The van der Waals surface area contributed by atoms with Gasteiger partial charge in [-0.1, -0.05) is 18.5 Å². The summed E-state index contributed by atoms with van der Waals surface area (Å²) in [5.74, 6) is 0.622. The average molecular weight is 286 g/mol. The van der Waals surface area contributed by atoms with Crippen molar-refractivity contribution in [2.24, 2.45) is 13.0 Å². The van der Waals surface area contributed by atoms with Crippen LogP contribution in [0.3, 0.4) is 0 Å². The highest BCUT2D eigenvalue weighted by atomic mass is 35.5. The summed E-state index contributed by atoms with van der Waals surface area (Å²) < 4.78 is 1.91. The zero-order valence-electron chi connectivity index (χ0n) is 11.9. The molecule has 1 atom stereocenters. The third-order valence-electron chi connectivity index (χ3n) is 4.02. The molecule has 4 nitrogen and oxygen atoms in total. The molecule has 1 aliphatic rings. The number of hydrogen-bond acceptors (Lipinski definition) is 3. The molecule has 108 valence electrons. The van der Waals surface area contributed by atoms with E-state index in [0.717, 1.165) is 48.9 Å². The number of hydrogen-bond donors (Lipinski definition) is 1. The summed E-state index contributed by atoms with van der Waals surface area (Å²) in [5.41, 5.74) is 2.10. The van der Waals surface area contributed by atoms with Crippen LogP contribution < -0.4 is 0 Å². The van der Waals surface area contributed by atoms with Crippen molar-refractivity contribution in [1.29, 1.82) is 0 Å². The van der Waals surface area contributed by atoms with Gasteiger partial charge in [-0.15, -0.1) is 0 Å². The smallest absolute Gasteiger partial charge is 0.0863 e. The van der Waals surface area contributed by atoms with Gasteiger partial charge in [-0.05, 0) is 38.1 Å². The van der Waals surface area contributed by atoms with Crippen LogP contribution in [-0.4, -0.2) is 39.5 Å². The molecule has 0 spiro atoms. The van der Waals surface area contributed by atoms with E-state index in [2.05, 4.69) is 16.9 Å². The molecule has 2 heterocycles. The number of nitrogens with zero attached hydrogens (tertiary/aromatic N) is 3. The van der Waals surface area contributed by atoms with E-state index in [1.807, 2.05) is 11.7 Å². The average Bonchev–Trinajstić information content (AvgIpc) is 2.67. The summed E-state index contributed by atoms with van der Waals surface area (Å²) in [6.45, 7) is 5.42. The van der Waals surface area contributed by atoms with Gasteiger partial charge in [0.15, 0.2) is 0 Å². The monoisotopic (exact) mass is 285 g/mol. The number of piperidine rings is 1. The highest BCUT2D eigenvalue weighted by Gasteiger charge is 2.22. The van der Waals surface area contributed by atoms with E-state index in [9.17, 15) is 0 Å². The Morgan fingerprint density at radius 1 is 1.47 bits per heavy atom. The van der Waals surface area contributed by atoms with Crippen LogP contribution in [0.4, 0.5) is 0 Å². The van der Waals surface area contributed by atoms with Crippen molar-refractivity contribution in [3.05, 3.63) is 16.4 Å². The van der Waals surface area contributed by atoms with Crippen molar-refractivity contribution < 1.29 is 5.11 Å². The maximum absolute atomic E-state index is 9.06. The number of aliphatic hydroxyl groups excluding tert-OH is 1. The topological polar surface area (TPSA) is 41.3 Å². The van der Waals surface area contributed by atoms with Gasteiger partial charge in [0.05, 0.1) is 16.4 Å². The summed E-state index contributed by atoms with van der Waals surface area (Å²) in [6, 6.07) is 0. The molecule has 5 heteroatoms.